The predicted molar refractivity (Wildman–Crippen MR) is 167 cm³/mol. The van der Waals surface area contributed by atoms with Gasteiger partial charge in [-0.3, -0.25) is 0 Å². The Morgan fingerprint density at radius 3 is 0.800 bits per heavy atom. The quantitative estimate of drug-likeness (QED) is 0.175. The Morgan fingerprint density at radius 1 is 0.375 bits per heavy atom. The molecular formula is C32H28Cl8. The Labute approximate surface area is 275 Å². The third-order valence-electron chi connectivity index (χ3n) is 14.1. The van der Waals surface area contributed by atoms with Crippen LogP contribution in [-0.2, 0) is 0 Å². The topological polar surface area (TPSA) is 0 Å². The molecule has 8 heteroatoms. The van der Waals surface area contributed by atoms with Crippen molar-refractivity contribution in [3.63, 3.8) is 0 Å². The number of allylic oxidation sites excluding steroid dienone is 10. The second kappa shape index (κ2) is 7.69. The minimum atomic E-state index is -0.800. The highest BCUT2D eigenvalue weighted by molar-refractivity contribution is 6.51. The predicted octanol–water partition coefficient (Wildman–Crippen LogP) is 10.3. The average molecular weight is 696 g/mol. The van der Waals surface area contributed by atoms with Crippen LogP contribution in [0.15, 0.2) is 56.6 Å². The molecule has 212 valence electrons. The zero-order valence-corrected chi connectivity index (χ0v) is 27.4. The molecule has 0 aromatic rings. The molecule has 5 saturated carbocycles. The molecule has 0 spiro atoms. The fourth-order valence-electron chi connectivity index (χ4n) is 13.3. The second-order valence-electron chi connectivity index (χ2n) is 14.7. The van der Waals surface area contributed by atoms with Crippen molar-refractivity contribution in [2.75, 3.05) is 0 Å². The fraction of sp³-hybridized carbons (Fsp3) is 0.688. The van der Waals surface area contributed by atoms with Crippen LogP contribution >= 0.6 is 92.8 Å². The van der Waals surface area contributed by atoms with Gasteiger partial charge in [0.05, 0.1) is 39.6 Å². The molecule has 15 rings (SSSR count). The molecule has 15 aliphatic carbocycles. The summed E-state index contributed by atoms with van der Waals surface area (Å²) in [5.41, 5.74) is 0. The van der Waals surface area contributed by atoms with Gasteiger partial charge in [0.25, 0.3) is 0 Å². The van der Waals surface area contributed by atoms with Gasteiger partial charge < -0.3 is 0 Å². The number of halogens is 8. The lowest BCUT2D eigenvalue weighted by Gasteiger charge is -2.79. The van der Waals surface area contributed by atoms with E-state index >= 15 is 0 Å². The molecule has 0 saturated heterocycles. The highest BCUT2D eigenvalue weighted by Crippen LogP contribution is 2.84. The number of fused-ring (bicyclic) bond motifs is 2. The van der Waals surface area contributed by atoms with E-state index < -0.39 is 19.5 Å². The van der Waals surface area contributed by atoms with Gasteiger partial charge in [0.15, 0.2) is 0 Å². The van der Waals surface area contributed by atoms with Crippen molar-refractivity contribution in [1.29, 1.82) is 0 Å². The zero-order chi connectivity index (χ0) is 27.5. The van der Waals surface area contributed by atoms with E-state index in [0.29, 0.717) is 43.8 Å². The summed E-state index contributed by atoms with van der Waals surface area (Å²) in [5, 5.41) is 2.26. The SMILES string of the molecule is ClC1=C(Cl)[C@]2(Cl)[C@H]3[C@H]([C@H]4C=C[C@@H]3CC4)[C@@]1(Cl)[C@@H]1C3C=CC([C@@H]12)[C@H]1[C@@H]3[C@@]2(Cl)C(Cl)=C(Cl)[C@]1(Cl)[C@H]1[C@@H]2[C@H]2C=C[C@@H]1CC2. The number of alkyl halides is 4. The lowest BCUT2D eigenvalue weighted by Crippen LogP contribution is -2.81. The molecule has 15 aliphatic rings. The molecular weight excluding hydrogens is 668 g/mol. The maximum absolute atomic E-state index is 8.06. The molecule has 0 unspecified atom stereocenters. The Bertz CT molecular complexity index is 1240. The molecule has 40 heavy (non-hydrogen) atoms. The summed E-state index contributed by atoms with van der Waals surface area (Å²) in [6.45, 7) is 0. The van der Waals surface area contributed by atoms with Crippen LogP contribution in [0.5, 0.6) is 0 Å². The first kappa shape index (κ1) is 26.3. The van der Waals surface area contributed by atoms with E-state index in [1.165, 1.54) is 0 Å². The molecule has 0 radical (unpaired) electrons. The van der Waals surface area contributed by atoms with Gasteiger partial charge in [0.2, 0.25) is 0 Å². The molecule has 0 amide bonds. The normalized spacial score (nSPS) is 66.0. The molecule has 0 N–H and O–H groups in total. The molecule has 0 aliphatic heterocycles. The molecule has 0 aromatic carbocycles. The molecule has 10 bridgehead atoms. The molecule has 0 aromatic heterocycles. The third kappa shape index (κ3) is 2.38. The van der Waals surface area contributed by atoms with E-state index in [9.17, 15) is 0 Å². The first-order chi connectivity index (χ1) is 19.0. The van der Waals surface area contributed by atoms with Crippen LogP contribution in [0.25, 0.3) is 0 Å². The first-order valence-corrected chi connectivity index (χ1v) is 18.0. The van der Waals surface area contributed by atoms with Crippen LogP contribution in [0.2, 0.25) is 0 Å². The maximum atomic E-state index is 8.06. The van der Waals surface area contributed by atoms with E-state index in [4.69, 9.17) is 92.8 Å². The van der Waals surface area contributed by atoms with Gasteiger partial charge in [0.1, 0.15) is 0 Å². The zero-order valence-electron chi connectivity index (χ0n) is 21.4. The van der Waals surface area contributed by atoms with E-state index in [0.717, 1.165) is 25.7 Å². The Morgan fingerprint density at radius 2 is 0.600 bits per heavy atom. The van der Waals surface area contributed by atoms with E-state index in [1.807, 2.05) is 0 Å². The minimum absolute atomic E-state index is 0.000158. The lowest BCUT2D eigenvalue weighted by molar-refractivity contribution is -0.169. The van der Waals surface area contributed by atoms with E-state index in [-0.39, 0.29) is 59.2 Å². The highest BCUT2D eigenvalue weighted by Gasteiger charge is 2.84. The van der Waals surface area contributed by atoms with Crippen molar-refractivity contribution in [1.82, 2.24) is 0 Å². The number of hydrogen-bond donors (Lipinski definition) is 0. The molecule has 0 nitrogen and oxygen atoms in total. The van der Waals surface area contributed by atoms with Crippen molar-refractivity contribution < 1.29 is 0 Å². The summed E-state index contributed by atoms with van der Waals surface area (Å²) in [7, 11) is 0. The molecule has 5 fully saturated rings. The third-order valence-corrected chi connectivity index (χ3v) is 19.5. The van der Waals surface area contributed by atoms with Crippen LogP contribution in [0.4, 0.5) is 0 Å². The van der Waals surface area contributed by atoms with Gasteiger partial charge in [0, 0.05) is 0 Å². The molecule has 0 heterocycles. The van der Waals surface area contributed by atoms with E-state index in [1.54, 1.807) is 0 Å². The largest absolute Gasteiger partial charge is 0.112 e. The number of rotatable bonds is 0. The minimum Gasteiger partial charge on any atom is -0.112 e. The summed E-state index contributed by atoms with van der Waals surface area (Å²) < 4.78 is 0. The lowest BCUT2D eigenvalue weighted by atomic mass is 9.30. The van der Waals surface area contributed by atoms with Gasteiger partial charge in [-0.25, -0.2) is 0 Å². The maximum Gasteiger partial charge on any atom is 0.0887 e. The van der Waals surface area contributed by atoms with Gasteiger partial charge in [-0.1, -0.05) is 82.9 Å². The van der Waals surface area contributed by atoms with Crippen molar-refractivity contribution >= 4 is 92.8 Å². The summed E-state index contributed by atoms with van der Waals surface area (Å²) in [5.74, 6) is 2.02. The van der Waals surface area contributed by atoms with Crippen LogP contribution < -0.4 is 0 Å². The summed E-state index contributed by atoms with van der Waals surface area (Å²) in [6, 6.07) is 0. The average Bonchev–Trinajstić information content (AvgIpc) is 2.99. The van der Waals surface area contributed by atoms with Crippen molar-refractivity contribution in [3.05, 3.63) is 56.6 Å². The van der Waals surface area contributed by atoms with Crippen LogP contribution in [0.3, 0.4) is 0 Å². The summed E-state index contributed by atoms with van der Waals surface area (Å²) in [4.78, 5) is -3.20. The van der Waals surface area contributed by atoms with Gasteiger partial charge in [-0.2, -0.15) is 0 Å². The van der Waals surface area contributed by atoms with Crippen molar-refractivity contribution in [3.8, 4) is 0 Å². The van der Waals surface area contributed by atoms with E-state index in [2.05, 4.69) is 36.5 Å². The van der Waals surface area contributed by atoms with Gasteiger partial charge >= 0.3 is 0 Å². The fourth-order valence-corrected chi connectivity index (χ4v) is 17.8. The van der Waals surface area contributed by atoms with Crippen LogP contribution in [-0.4, -0.2) is 19.5 Å². The second-order valence-corrected chi connectivity index (χ2v) is 18.7. The monoisotopic (exact) mass is 692 g/mol. The first-order valence-electron chi connectivity index (χ1n) is 15.0. The van der Waals surface area contributed by atoms with Gasteiger partial charge in [-0.15, -0.1) is 46.4 Å². The number of hydrogen-bond acceptors (Lipinski definition) is 0. The summed E-state index contributed by atoms with van der Waals surface area (Å²) in [6.07, 6.45) is 18.7. The van der Waals surface area contributed by atoms with Crippen LogP contribution in [0.1, 0.15) is 25.7 Å². The Kier molecular flexibility index (Phi) is 5.05. The summed E-state index contributed by atoms with van der Waals surface area (Å²) >= 11 is 61.4. The van der Waals surface area contributed by atoms with Crippen molar-refractivity contribution in [2.24, 2.45) is 82.9 Å². The van der Waals surface area contributed by atoms with Gasteiger partial charge in [-0.05, 0) is 109 Å². The Hall–Kier alpha value is 1.02. The smallest absolute Gasteiger partial charge is 0.0887 e. The Balaban J connectivity index is 1.24. The molecule has 16 atom stereocenters. The van der Waals surface area contributed by atoms with Crippen LogP contribution in [0, 0.1) is 82.9 Å². The standard InChI is InChI=1S/C32H28Cl8/c33-25-26(34)30(38)18-12-2-1-11(3-4-12)17(18)29(25,37)21-15-9-10-16(22(21)30)24-23(15)31(39)19-13-5-7-14(8-6-13)20(19)32(24,40)28(36)27(31)35/h1-2,5,7,9-24H,3-4,6,8H2/t11-,12+,13-,14+,15?,16?,17-,18+,19-,20+,21+,22-,23+,24-,29+,30-,31+,32-. The van der Waals surface area contributed by atoms with Crippen molar-refractivity contribution in [2.45, 2.75) is 45.2 Å². The highest BCUT2D eigenvalue weighted by atomic mass is 35.5.